The number of aryl methyl sites for hydroxylation is 1. The lowest BCUT2D eigenvalue weighted by atomic mass is 10.1. The van der Waals surface area contributed by atoms with Crippen LogP contribution in [0.15, 0.2) is 71.6 Å². The van der Waals surface area contributed by atoms with Gasteiger partial charge in [0.1, 0.15) is 0 Å². The Balaban J connectivity index is 1.84. The zero-order chi connectivity index (χ0) is 24.2. The lowest BCUT2D eigenvalue weighted by molar-refractivity contribution is 0.101. The lowest BCUT2D eigenvalue weighted by Gasteiger charge is -2.14. The van der Waals surface area contributed by atoms with E-state index in [0.717, 1.165) is 5.56 Å². The molecule has 3 aromatic rings. The van der Waals surface area contributed by atoms with Crippen LogP contribution in [0.2, 0.25) is 5.02 Å². The summed E-state index contributed by atoms with van der Waals surface area (Å²) in [6, 6.07) is 17.5. The molecule has 0 unspecified atom stereocenters. The van der Waals surface area contributed by atoms with Crippen molar-refractivity contribution in [1.29, 1.82) is 0 Å². The second kappa shape index (κ2) is 10.2. The molecule has 0 bridgehead atoms. The number of nitrogens with one attached hydrogen (secondary N) is 3. The largest absolute Gasteiger partial charge is 0.322 e. The Labute approximate surface area is 198 Å². The van der Waals surface area contributed by atoms with E-state index in [2.05, 4.69) is 15.4 Å². The molecule has 33 heavy (non-hydrogen) atoms. The van der Waals surface area contributed by atoms with Gasteiger partial charge in [-0.1, -0.05) is 35.9 Å². The van der Waals surface area contributed by atoms with E-state index >= 15 is 0 Å². The predicted octanol–water partition coefficient (Wildman–Crippen LogP) is 4.84. The minimum Gasteiger partial charge on any atom is -0.322 e. The van der Waals surface area contributed by atoms with Crippen molar-refractivity contribution >= 4 is 44.8 Å². The molecule has 3 N–H and O–H groups in total. The highest BCUT2D eigenvalue weighted by molar-refractivity contribution is 7.89. The van der Waals surface area contributed by atoms with Crippen molar-refractivity contribution < 1.29 is 18.0 Å². The van der Waals surface area contributed by atoms with Crippen molar-refractivity contribution in [2.45, 2.75) is 31.7 Å². The highest BCUT2D eigenvalue weighted by Gasteiger charge is 2.20. The first-order valence-electron chi connectivity index (χ1n) is 10.2. The molecular weight excluding hydrogens is 462 g/mol. The van der Waals surface area contributed by atoms with Crippen LogP contribution in [0, 0.1) is 6.92 Å². The first-order chi connectivity index (χ1) is 15.6. The van der Waals surface area contributed by atoms with Crippen molar-refractivity contribution in [1.82, 2.24) is 4.72 Å². The van der Waals surface area contributed by atoms with Gasteiger partial charge in [-0.15, -0.1) is 0 Å². The number of carbonyl (C=O) groups is 2. The minimum absolute atomic E-state index is 0.0152. The van der Waals surface area contributed by atoms with E-state index in [1.54, 1.807) is 63.2 Å². The van der Waals surface area contributed by atoms with Crippen LogP contribution >= 0.6 is 11.6 Å². The van der Waals surface area contributed by atoms with E-state index in [-0.39, 0.29) is 27.4 Å². The molecule has 172 valence electrons. The van der Waals surface area contributed by atoms with Crippen LogP contribution in [0.1, 0.15) is 40.1 Å². The van der Waals surface area contributed by atoms with Crippen LogP contribution in [0.25, 0.3) is 0 Å². The summed E-state index contributed by atoms with van der Waals surface area (Å²) in [6.07, 6.45) is 0. The van der Waals surface area contributed by atoms with Gasteiger partial charge >= 0.3 is 0 Å². The summed E-state index contributed by atoms with van der Waals surface area (Å²) in [7, 11) is -3.80. The molecule has 0 atom stereocenters. The maximum Gasteiger partial charge on any atom is 0.257 e. The van der Waals surface area contributed by atoms with Gasteiger partial charge in [0.15, 0.2) is 0 Å². The molecule has 9 heteroatoms. The fourth-order valence-corrected chi connectivity index (χ4v) is 4.52. The summed E-state index contributed by atoms with van der Waals surface area (Å²) in [5.74, 6) is -0.855. The van der Waals surface area contributed by atoms with Gasteiger partial charge in [-0.05, 0) is 68.8 Å². The second-order valence-corrected chi connectivity index (χ2v) is 9.84. The van der Waals surface area contributed by atoms with Gasteiger partial charge in [0.25, 0.3) is 11.8 Å². The summed E-state index contributed by atoms with van der Waals surface area (Å²) in [4.78, 5) is 25.3. The Bertz CT molecular complexity index is 1290. The van der Waals surface area contributed by atoms with E-state index in [9.17, 15) is 18.0 Å². The standard InChI is InChI=1S/C24H24ClN3O4S/c1-15(2)28-33(31,32)19-11-12-21(25)20(14-19)24(30)27-22-13-18(10-9-16(22)3)26-23(29)17-7-5-4-6-8-17/h4-15,28H,1-3H3,(H,26,29)(H,27,30). The van der Waals surface area contributed by atoms with E-state index < -0.39 is 15.9 Å². The van der Waals surface area contributed by atoms with E-state index in [1.165, 1.54) is 18.2 Å². The third-order valence-electron chi connectivity index (χ3n) is 4.66. The fraction of sp³-hybridized carbons (Fsp3) is 0.167. The molecule has 0 heterocycles. The Hall–Kier alpha value is -3.20. The number of hydrogen-bond acceptors (Lipinski definition) is 4. The lowest BCUT2D eigenvalue weighted by Crippen LogP contribution is -2.30. The normalized spacial score (nSPS) is 11.3. The third-order valence-corrected chi connectivity index (χ3v) is 6.65. The molecule has 0 aliphatic carbocycles. The molecule has 0 saturated heterocycles. The summed E-state index contributed by atoms with van der Waals surface area (Å²) in [6.45, 7) is 5.20. The SMILES string of the molecule is Cc1ccc(NC(=O)c2ccccc2)cc1NC(=O)c1cc(S(=O)(=O)NC(C)C)ccc1Cl. The number of sulfonamides is 1. The Morgan fingerprint density at radius 1 is 0.879 bits per heavy atom. The summed E-state index contributed by atoms with van der Waals surface area (Å²) >= 11 is 6.19. The van der Waals surface area contributed by atoms with Gasteiger partial charge < -0.3 is 10.6 Å². The van der Waals surface area contributed by atoms with Crippen molar-refractivity contribution in [3.8, 4) is 0 Å². The van der Waals surface area contributed by atoms with Crippen LogP contribution < -0.4 is 15.4 Å². The average Bonchev–Trinajstić information content (AvgIpc) is 2.75. The third kappa shape index (κ3) is 6.19. The predicted molar refractivity (Wildman–Crippen MR) is 130 cm³/mol. The van der Waals surface area contributed by atoms with Gasteiger partial charge in [0.05, 0.1) is 15.5 Å². The number of anilines is 2. The molecule has 3 rings (SSSR count). The van der Waals surface area contributed by atoms with Crippen LogP contribution in [-0.2, 0) is 10.0 Å². The summed E-state index contributed by atoms with van der Waals surface area (Å²) < 4.78 is 27.4. The van der Waals surface area contributed by atoms with Gasteiger partial charge in [0, 0.05) is 23.0 Å². The maximum absolute atomic E-state index is 12.9. The molecule has 2 amide bonds. The number of benzene rings is 3. The van der Waals surface area contributed by atoms with Crippen molar-refractivity contribution in [2.75, 3.05) is 10.6 Å². The monoisotopic (exact) mass is 485 g/mol. The highest BCUT2D eigenvalue weighted by atomic mass is 35.5. The molecule has 3 aromatic carbocycles. The van der Waals surface area contributed by atoms with Crippen LogP contribution in [0.4, 0.5) is 11.4 Å². The fourth-order valence-electron chi connectivity index (χ4n) is 3.04. The van der Waals surface area contributed by atoms with Gasteiger partial charge in [-0.2, -0.15) is 0 Å². The van der Waals surface area contributed by atoms with Gasteiger partial charge in [0.2, 0.25) is 10.0 Å². The Kier molecular flexibility index (Phi) is 7.53. The van der Waals surface area contributed by atoms with Crippen LogP contribution in [-0.4, -0.2) is 26.3 Å². The van der Waals surface area contributed by atoms with E-state index in [1.807, 2.05) is 6.07 Å². The molecule has 0 spiro atoms. The van der Waals surface area contributed by atoms with Crippen molar-refractivity contribution in [3.63, 3.8) is 0 Å². The number of amides is 2. The molecule has 0 radical (unpaired) electrons. The van der Waals surface area contributed by atoms with Crippen molar-refractivity contribution in [2.24, 2.45) is 0 Å². The van der Waals surface area contributed by atoms with E-state index in [0.29, 0.717) is 16.9 Å². The molecule has 0 aromatic heterocycles. The molecule has 0 aliphatic heterocycles. The maximum atomic E-state index is 12.9. The molecule has 0 saturated carbocycles. The minimum atomic E-state index is -3.80. The summed E-state index contributed by atoms with van der Waals surface area (Å²) in [5, 5.41) is 5.66. The molecule has 7 nitrogen and oxygen atoms in total. The number of halogens is 1. The smallest absolute Gasteiger partial charge is 0.257 e. The first kappa shape index (κ1) is 24.4. The van der Waals surface area contributed by atoms with E-state index in [4.69, 9.17) is 11.6 Å². The second-order valence-electron chi connectivity index (χ2n) is 7.72. The quantitative estimate of drug-likeness (QED) is 0.445. The number of hydrogen-bond donors (Lipinski definition) is 3. The average molecular weight is 486 g/mol. The van der Waals surface area contributed by atoms with Crippen LogP contribution in [0.3, 0.4) is 0 Å². The number of rotatable bonds is 7. The Morgan fingerprint density at radius 3 is 2.24 bits per heavy atom. The van der Waals surface area contributed by atoms with Crippen LogP contribution in [0.5, 0.6) is 0 Å². The van der Waals surface area contributed by atoms with Crippen molar-refractivity contribution in [3.05, 3.63) is 88.4 Å². The molecule has 0 fully saturated rings. The van der Waals surface area contributed by atoms with Gasteiger partial charge in [-0.25, -0.2) is 13.1 Å². The zero-order valence-electron chi connectivity index (χ0n) is 18.3. The summed E-state index contributed by atoms with van der Waals surface area (Å²) in [5.41, 5.74) is 2.22. The zero-order valence-corrected chi connectivity index (χ0v) is 19.9. The molecular formula is C24H24ClN3O4S. The number of carbonyl (C=O) groups excluding carboxylic acids is 2. The topological polar surface area (TPSA) is 104 Å². The molecule has 0 aliphatic rings. The Morgan fingerprint density at radius 2 is 1.58 bits per heavy atom. The highest BCUT2D eigenvalue weighted by Crippen LogP contribution is 2.25. The first-order valence-corrected chi connectivity index (χ1v) is 12.0. The van der Waals surface area contributed by atoms with Gasteiger partial charge in [-0.3, -0.25) is 9.59 Å².